The van der Waals surface area contributed by atoms with Crippen molar-refractivity contribution >= 4 is 45.2 Å². The molecule has 0 unspecified atom stereocenters. The Hall–Kier alpha value is -2.13. The van der Waals surface area contributed by atoms with E-state index in [9.17, 15) is 10.1 Å². The number of nitriles is 1. The third kappa shape index (κ3) is 3.15. The maximum absolute atomic E-state index is 12.3. The molecule has 3 aromatic rings. The summed E-state index contributed by atoms with van der Waals surface area (Å²) in [5.74, 6) is -0.251. The van der Waals surface area contributed by atoms with E-state index in [2.05, 4.69) is 11.4 Å². The summed E-state index contributed by atoms with van der Waals surface area (Å²) in [7, 11) is 0. The molecular weight excluding hydrogens is 348 g/mol. The van der Waals surface area contributed by atoms with Crippen LogP contribution in [0, 0.1) is 18.3 Å². The third-order valence-corrected chi connectivity index (χ3v) is 5.53. The lowest BCUT2D eigenvalue weighted by Crippen LogP contribution is -2.09. The van der Waals surface area contributed by atoms with Crippen LogP contribution in [0.1, 0.15) is 20.1 Å². The largest absolute Gasteiger partial charge is 0.312 e. The van der Waals surface area contributed by atoms with Gasteiger partial charge in [-0.1, -0.05) is 41.9 Å². The molecule has 3 nitrogen and oxygen atoms in total. The van der Waals surface area contributed by atoms with E-state index in [1.54, 1.807) is 12.1 Å². The Labute approximate surface area is 146 Å². The molecule has 2 aromatic heterocycles. The van der Waals surface area contributed by atoms with E-state index in [-0.39, 0.29) is 5.91 Å². The summed E-state index contributed by atoms with van der Waals surface area (Å²) in [5.41, 5.74) is 2.34. The van der Waals surface area contributed by atoms with Crippen molar-refractivity contribution in [2.24, 2.45) is 0 Å². The Morgan fingerprint density at radius 1 is 1.17 bits per heavy atom. The maximum atomic E-state index is 12.3. The smallest absolute Gasteiger partial charge is 0.266 e. The standard InChI is InChI=1S/C17H11ClN2OS2/c1-10-15(11-5-3-2-4-6-11)12(9-19)17(22-10)20-16(21)13-7-8-14(18)23-13/h2-8H,1H3,(H,20,21). The number of nitrogens with zero attached hydrogens (tertiary/aromatic N) is 1. The summed E-state index contributed by atoms with van der Waals surface area (Å²) >= 11 is 8.48. The number of halogens is 1. The highest BCUT2D eigenvalue weighted by Gasteiger charge is 2.19. The van der Waals surface area contributed by atoms with Crippen LogP contribution < -0.4 is 5.32 Å². The van der Waals surface area contributed by atoms with Gasteiger partial charge >= 0.3 is 0 Å². The number of hydrogen-bond donors (Lipinski definition) is 1. The Balaban J connectivity index is 1.98. The molecule has 1 amide bonds. The lowest BCUT2D eigenvalue weighted by atomic mass is 10.0. The van der Waals surface area contributed by atoms with Gasteiger partial charge in [-0.05, 0) is 24.6 Å². The van der Waals surface area contributed by atoms with Crippen molar-refractivity contribution in [3.05, 3.63) is 62.1 Å². The first-order chi connectivity index (χ1) is 11.1. The second-order valence-corrected chi connectivity index (χ2v) is 7.71. The van der Waals surface area contributed by atoms with Gasteiger partial charge in [0.15, 0.2) is 0 Å². The van der Waals surface area contributed by atoms with Crippen LogP contribution >= 0.6 is 34.3 Å². The molecule has 0 fully saturated rings. The molecule has 0 aliphatic heterocycles. The van der Waals surface area contributed by atoms with Crippen LogP contribution in [0.2, 0.25) is 4.34 Å². The highest BCUT2D eigenvalue weighted by molar-refractivity contribution is 7.18. The molecule has 0 bridgehead atoms. The summed E-state index contributed by atoms with van der Waals surface area (Å²) in [6.45, 7) is 1.95. The van der Waals surface area contributed by atoms with Gasteiger partial charge in [-0.2, -0.15) is 5.26 Å². The summed E-state index contributed by atoms with van der Waals surface area (Å²) in [6, 6.07) is 15.3. The molecule has 2 heterocycles. The summed E-state index contributed by atoms with van der Waals surface area (Å²) in [6.07, 6.45) is 0. The molecule has 0 saturated carbocycles. The average molecular weight is 359 g/mol. The molecule has 114 valence electrons. The number of amides is 1. The van der Waals surface area contributed by atoms with Crippen molar-refractivity contribution in [1.29, 1.82) is 5.26 Å². The Morgan fingerprint density at radius 2 is 1.91 bits per heavy atom. The van der Waals surface area contributed by atoms with Crippen molar-refractivity contribution < 1.29 is 4.79 Å². The minimum atomic E-state index is -0.251. The second-order valence-electron chi connectivity index (χ2n) is 4.77. The van der Waals surface area contributed by atoms with Gasteiger partial charge < -0.3 is 5.32 Å². The lowest BCUT2D eigenvalue weighted by molar-refractivity contribution is 0.103. The van der Waals surface area contributed by atoms with Crippen molar-refractivity contribution in [1.82, 2.24) is 0 Å². The highest BCUT2D eigenvalue weighted by atomic mass is 35.5. The van der Waals surface area contributed by atoms with E-state index in [1.807, 2.05) is 37.3 Å². The number of nitrogens with one attached hydrogen (secondary N) is 1. The second kappa shape index (κ2) is 6.55. The minimum Gasteiger partial charge on any atom is -0.312 e. The lowest BCUT2D eigenvalue weighted by Gasteiger charge is -2.03. The average Bonchev–Trinajstić information content (AvgIpc) is 3.11. The molecule has 0 radical (unpaired) electrons. The topological polar surface area (TPSA) is 52.9 Å². The van der Waals surface area contributed by atoms with E-state index in [0.29, 0.717) is 19.8 Å². The Morgan fingerprint density at radius 3 is 2.52 bits per heavy atom. The van der Waals surface area contributed by atoms with Gasteiger partial charge in [-0.15, -0.1) is 22.7 Å². The number of rotatable bonds is 3. The first-order valence-corrected chi connectivity index (χ1v) is 8.77. The van der Waals surface area contributed by atoms with Crippen molar-refractivity contribution in [3.63, 3.8) is 0 Å². The Bertz CT molecular complexity index is 907. The number of hydrogen-bond acceptors (Lipinski definition) is 4. The van der Waals surface area contributed by atoms with Crippen molar-refractivity contribution in [3.8, 4) is 17.2 Å². The first kappa shape index (κ1) is 15.8. The Kier molecular flexibility index (Phi) is 4.49. The van der Waals surface area contributed by atoms with Gasteiger partial charge in [0.05, 0.1) is 14.8 Å². The third-order valence-electron chi connectivity index (χ3n) is 3.28. The number of carbonyl (C=O) groups excluding carboxylic acids is 1. The van der Waals surface area contributed by atoms with Gasteiger partial charge in [0.1, 0.15) is 11.1 Å². The van der Waals surface area contributed by atoms with E-state index >= 15 is 0 Å². The molecule has 0 saturated heterocycles. The SMILES string of the molecule is Cc1sc(NC(=O)c2ccc(Cl)s2)c(C#N)c1-c1ccccc1. The number of thiophene rings is 2. The fraction of sp³-hybridized carbons (Fsp3) is 0.0588. The summed E-state index contributed by atoms with van der Waals surface area (Å²) in [5, 5.41) is 12.9. The highest BCUT2D eigenvalue weighted by Crippen LogP contribution is 2.39. The quantitative estimate of drug-likeness (QED) is 0.666. The fourth-order valence-electron chi connectivity index (χ4n) is 2.29. The first-order valence-electron chi connectivity index (χ1n) is 6.75. The van der Waals surface area contributed by atoms with Crippen LogP contribution in [0.5, 0.6) is 0 Å². The van der Waals surface area contributed by atoms with E-state index < -0.39 is 0 Å². The molecule has 0 spiro atoms. The maximum Gasteiger partial charge on any atom is 0.266 e. The van der Waals surface area contributed by atoms with Gasteiger partial charge in [-0.25, -0.2) is 0 Å². The van der Waals surface area contributed by atoms with Crippen molar-refractivity contribution in [2.45, 2.75) is 6.92 Å². The minimum absolute atomic E-state index is 0.251. The number of aryl methyl sites for hydroxylation is 1. The van der Waals surface area contributed by atoms with Gasteiger partial charge in [0, 0.05) is 10.4 Å². The molecule has 0 aliphatic carbocycles. The molecule has 6 heteroatoms. The summed E-state index contributed by atoms with van der Waals surface area (Å²) < 4.78 is 0.558. The predicted molar refractivity (Wildman–Crippen MR) is 96.5 cm³/mol. The van der Waals surface area contributed by atoms with Crippen LogP contribution in [0.15, 0.2) is 42.5 Å². The molecule has 23 heavy (non-hydrogen) atoms. The number of benzene rings is 1. The zero-order valence-electron chi connectivity index (χ0n) is 12.1. The van der Waals surface area contributed by atoms with Crippen LogP contribution in [-0.4, -0.2) is 5.91 Å². The molecule has 1 aromatic carbocycles. The van der Waals surface area contributed by atoms with Crippen LogP contribution in [0.3, 0.4) is 0 Å². The van der Waals surface area contributed by atoms with E-state index in [1.165, 1.54) is 22.7 Å². The monoisotopic (exact) mass is 358 g/mol. The predicted octanol–water partition coefficient (Wildman–Crippen LogP) is 5.56. The van der Waals surface area contributed by atoms with E-state index in [0.717, 1.165) is 16.0 Å². The van der Waals surface area contributed by atoms with Gasteiger partial charge in [-0.3, -0.25) is 4.79 Å². The zero-order valence-corrected chi connectivity index (χ0v) is 14.5. The van der Waals surface area contributed by atoms with Crippen LogP contribution in [0.4, 0.5) is 5.00 Å². The van der Waals surface area contributed by atoms with Crippen molar-refractivity contribution in [2.75, 3.05) is 5.32 Å². The molecule has 0 atom stereocenters. The number of carbonyl (C=O) groups is 1. The van der Waals surface area contributed by atoms with E-state index in [4.69, 9.17) is 11.6 Å². The molecule has 1 N–H and O–H groups in total. The fourth-order valence-corrected chi connectivity index (χ4v) is 4.25. The van der Waals surface area contributed by atoms with Crippen LogP contribution in [0.25, 0.3) is 11.1 Å². The van der Waals surface area contributed by atoms with Gasteiger partial charge in [0.2, 0.25) is 0 Å². The number of anilines is 1. The summed E-state index contributed by atoms with van der Waals surface area (Å²) in [4.78, 5) is 13.8. The molecule has 3 rings (SSSR count). The zero-order chi connectivity index (χ0) is 16.4. The van der Waals surface area contributed by atoms with Gasteiger partial charge in [0.25, 0.3) is 5.91 Å². The van der Waals surface area contributed by atoms with Crippen LogP contribution in [-0.2, 0) is 0 Å². The molecule has 0 aliphatic rings. The molecular formula is C17H11ClN2OS2. The normalized spacial score (nSPS) is 10.3.